The van der Waals surface area contributed by atoms with Crippen LogP contribution in [0.3, 0.4) is 0 Å². The summed E-state index contributed by atoms with van der Waals surface area (Å²) in [6.07, 6.45) is 3.31. The molecule has 1 aromatic heterocycles. The molecule has 0 spiro atoms. The lowest BCUT2D eigenvalue weighted by molar-refractivity contribution is 0.0607. The van der Waals surface area contributed by atoms with Crippen molar-refractivity contribution in [2.45, 2.75) is 25.3 Å². The van der Waals surface area contributed by atoms with Gasteiger partial charge in [0.15, 0.2) is 0 Å². The van der Waals surface area contributed by atoms with Gasteiger partial charge in [0.25, 0.3) is 5.91 Å². The minimum absolute atomic E-state index is 0.179. The second-order valence-corrected chi connectivity index (χ2v) is 5.41. The van der Waals surface area contributed by atoms with Gasteiger partial charge in [0.1, 0.15) is 9.88 Å². The molecule has 0 aliphatic heterocycles. The molecule has 6 nitrogen and oxygen atoms in total. The number of rotatable bonds is 4. The number of anilines is 2. The highest BCUT2D eigenvalue weighted by Crippen LogP contribution is 2.38. The SMILES string of the molecule is CNC(=O)c1c(NC2CCC2)sc(C(=O)OC)c1N. The molecule has 0 atom stereocenters. The zero-order valence-corrected chi connectivity index (χ0v) is 11.7. The van der Waals surface area contributed by atoms with Crippen molar-refractivity contribution in [3.8, 4) is 0 Å². The Morgan fingerprint density at radius 3 is 2.58 bits per heavy atom. The summed E-state index contributed by atoms with van der Waals surface area (Å²) in [5, 5.41) is 6.45. The van der Waals surface area contributed by atoms with Crippen molar-refractivity contribution in [3.63, 3.8) is 0 Å². The van der Waals surface area contributed by atoms with Crippen molar-refractivity contribution in [1.29, 1.82) is 0 Å². The van der Waals surface area contributed by atoms with Crippen molar-refractivity contribution in [3.05, 3.63) is 10.4 Å². The third-order valence-corrected chi connectivity index (χ3v) is 4.33. The molecule has 4 N–H and O–H groups in total. The summed E-state index contributed by atoms with van der Waals surface area (Å²) in [6.45, 7) is 0. The molecule has 0 bridgehead atoms. The summed E-state index contributed by atoms with van der Waals surface area (Å²) in [5.74, 6) is -0.819. The Kier molecular flexibility index (Phi) is 3.94. The Bertz CT molecular complexity index is 509. The van der Waals surface area contributed by atoms with E-state index in [9.17, 15) is 9.59 Å². The van der Waals surface area contributed by atoms with Crippen LogP contribution in [0.25, 0.3) is 0 Å². The Morgan fingerprint density at radius 2 is 2.11 bits per heavy atom. The van der Waals surface area contributed by atoms with E-state index < -0.39 is 5.97 Å². The fourth-order valence-corrected chi connectivity index (χ4v) is 2.99. The number of thiophene rings is 1. The molecule has 0 aromatic carbocycles. The molecule has 1 amide bonds. The molecule has 1 heterocycles. The lowest BCUT2D eigenvalue weighted by Crippen LogP contribution is -2.28. The maximum atomic E-state index is 11.9. The largest absolute Gasteiger partial charge is 0.465 e. The predicted molar refractivity (Wildman–Crippen MR) is 74.7 cm³/mol. The second kappa shape index (κ2) is 5.48. The average molecular weight is 283 g/mol. The molecule has 0 radical (unpaired) electrons. The molecule has 19 heavy (non-hydrogen) atoms. The number of methoxy groups -OCH3 is 1. The first-order chi connectivity index (χ1) is 9.08. The highest BCUT2D eigenvalue weighted by atomic mass is 32.1. The van der Waals surface area contributed by atoms with Crippen molar-refractivity contribution < 1.29 is 14.3 Å². The number of nitrogens with two attached hydrogens (primary N) is 1. The van der Waals surface area contributed by atoms with Crippen LogP contribution >= 0.6 is 11.3 Å². The lowest BCUT2D eigenvalue weighted by Gasteiger charge is -2.27. The minimum atomic E-state index is -0.519. The Labute approximate surface area is 115 Å². The summed E-state index contributed by atoms with van der Waals surface area (Å²) in [5.41, 5.74) is 6.41. The number of carbonyl (C=O) groups excluding carboxylic acids is 2. The van der Waals surface area contributed by atoms with Gasteiger partial charge in [-0.05, 0) is 19.3 Å². The third-order valence-electron chi connectivity index (χ3n) is 3.21. The Hall–Kier alpha value is -1.76. The maximum absolute atomic E-state index is 11.9. The fourth-order valence-electron chi connectivity index (χ4n) is 1.88. The quantitative estimate of drug-likeness (QED) is 0.727. The molecule has 7 heteroatoms. The van der Waals surface area contributed by atoms with Gasteiger partial charge >= 0.3 is 5.97 Å². The molecule has 0 saturated heterocycles. The number of esters is 1. The number of ether oxygens (including phenoxy) is 1. The van der Waals surface area contributed by atoms with E-state index in [2.05, 4.69) is 15.4 Å². The monoisotopic (exact) mass is 283 g/mol. The van der Waals surface area contributed by atoms with Crippen LogP contribution in [0.2, 0.25) is 0 Å². The Balaban J connectivity index is 2.37. The van der Waals surface area contributed by atoms with Gasteiger partial charge in [-0.1, -0.05) is 0 Å². The second-order valence-electron chi connectivity index (χ2n) is 4.39. The van der Waals surface area contributed by atoms with Gasteiger partial charge in [0, 0.05) is 13.1 Å². The Morgan fingerprint density at radius 1 is 1.42 bits per heavy atom. The van der Waals surface area contributed by atoms with Gasteiger partial charge in [-0.25, -0.2) is 4.79 Å². The van der Waals surface area contributed by atoms with Crippen LogP contribution in [0.15, 0.2) is 0 Å². The first kappa shape index (κ1) is 13.7. The van der Waals surface area contributed by atoms with Crippen LogP contribution < -0.4 is 16.4 Å². The standard InChI is InChI=1S/C12H17N3O3S/c1-14-10(16)7-8(13)9(12(17)18-2)19-11(7)15-6-4-3-5-6/h6,15H,3-5,13H2,1-2H3,(H,14,16). The third kappa shape index (κ3) is 2.51. The topological polar surface area (TPSA) is 93.5 Å². The number of hydrogen-bond acceptors (Lipinski definition) is 6. The first-order valence-electron chi connectivity index (χ1n) is 6.07. The van der Waals surface area contributed by atoms with E-state index in [0.717, 1.165) is 12.8 Å². The van der Waals surface area contributed by atoms with Crippen LogP contribution in [-0.2, 0) is 4.74 Å². The van der Waals surface area contributed by atoms with E-state index in [0.29, 0.717) is 16.6 Å². The highest BCUT2D eigenvalue weighted by Gasteiger charge is 2.28. The number of hydrogen-bond donors (Lipinski definition) is 3. The van der Waals surface area contributed by atoms with E-state index in [-0.39, 0.29) is 16.5 Å². The van der Waals surface area contributed by atoms with Crippen LogP contribution in [0.1, 0.15) is 39.3 Å². The molecular weight excluding hydrogens is 266 g/mol. The minimum Gasteiger partial charge on any atom is -0.465 e. The van der Waals surface area contributed by atoms with E-state index in [4.69, 9.17) is 5.73 Å². The summed E-state index contributed by atoms with van der Waals surface area (Å²) < 4.78 is 4.68. The van der Waals surface area contributed by atoms with Gasteiger partial charge in [-0.3, -0.25) is 4.79 Å². The zero-order chi connectivity index (χ0) is 14.0. The summed E-state index contributed by atoms with van der Waals surface area (Å²) in [6, 6.07) is 0.354. The first-order valence-corrected chi connectivity index (χ1v) is 6.89. The van der Waals surface area contributed by atoms with Crippen molar-refractivity contribution in [1.82, 2.24) is 5.32 Å². The van der Waals surface area contributed by atoms with Crippen LogP contribution in [0, 0.1) is 0 Å². The number of nitrogen functional groups attached to an aromatic ring is 1. The lowest BCUT2D eigenvalue weighted by atomic mass is 9.93. The molecule has 1 aliphatic carbocycles. The van der Waals surface area contributed by atoms with E-state index in [1.54, 1.807) is 0 Å². The normalized spacial score (nSPS) is 14.6. The van der Waals surface area contributed by atoms with Gasteiger partial charge in [0.05, 0.1) is 18.4 Å². The summed E-state index contributed by atoms with van der Waals surface area (Å²) in [4.78, 5) is 23.8. The molecule has 1 saturated carbocycles. The maximum Gasteiger partial charge on any atom is 0.350 e. The van der Waals surface area contributed by atoms with E-state index in [1.165, 1.54) is 31.9 Å². The fraction of sp³-hybridized carbons (Fsp3) is 0.500. The van der Waals surface area contributed by atoms with Crippen LogP contribution in [0.5, 0.6) is 0 Å². The predicted octanol–water partition coefficient (Wildman–Crippen LogP) is 1.44. The van der Waals surface area contributed by atoms with E-state index >= 15 is 0 Å². The van der Waals surface area contributed by atoms with Crippen molar-refractivity contribution in [2.24, 2.45) is 0 Å². The van der Waals surface area contributed by atoms with Crippen molar-refractivity contribution >= 4 is 33.9 Å². The summed E-state index contributed by atoms with van der Waals surface area (Å²) >= 11 is 1.17. The molecule has 2 rings (SSSR count). The molecule has 1 aliphatic rings. The molecule has 1 fully saturated rings. The zero-order valence-electron chi connectivity index (χ0n) is 10.9. The number of nitrogens with one attached hydrogen (secondary N) is 2. The summed E-state index contributed by atoms with van der Waals surface area (Å²) in [7, 11) is 2.82. The van der Waals surface area contributed by atoms with Crippen LogP contribution in [0.4, 0.5) is 10.7 Å². The average Bonchev–Trinajstić information content (AvgIpc) is 2.69. The van der Waals surface area contributed by atoms with Crippen molar-refractivity contribution in [2.75, 3.05) is 25.2 Å². The van der Waals surface area contributed by atoms with Gasteiger partial charge in [-0.15, -0.1) is 11.3 Å². The number of carbonyl (C=O) groups is 2. The van der Waals surface area contributed by atoms with E-state index in [1.807, 2.05) is 0 Å². The molecule has 0 unspecified atom stereocenters. The van der Waals surface area contributed by atoms with Gasteiger partial charge in [-0.2, -0.15) is 0 Å². The molecular formula is C12H17N3O3S. The highest BCUT2D eigenvalue weighted by molar-refractivity contribution is 7.19. The smallest absolute Gasteiger partial charge is 0.350 e. The molecule has 1 aromatic rings. The molecule has 104 valence electrons. The van der Waals surface area contributed by atoms with Gasteiger partial charge < -0.3 is 21.1 Å². The number of amides is 1. The van der Waals surface area contributed by atoms with Gasteiger partial charge in [0.2, 0.25) is 0 Å². The van der Waals surface area contributed by atoms with Crippen LogP contribution in [-0.4, -0.2) is 32.1 Å².